The Hall–Kier alpha value is -2.14. The first kappa shape index (κ1) is 13.3. The number of aliphatic hydroxyl groups excluding tert-OH is 1. The van der Waals surface area contributed by atoms with Crippen molar-refractivity contribution in [3.8, 4) is 0 Å². The Morgan fingerprint density at radius 3 is 2.74 bits per heavy atom. The Labute approximate surface area is 111 Å². The maximum absolute atomic E-state index is 11.3. The van der Waals surface area contributed by atoms with Crippen LogP contribution in [0.2, 0.25) is 0 Å². The van der Waals surface area contributed by atoms with E-state index < -0.39 is 5.97 Å². The number of benzene rings is 1. The van der Waals surface area contributed by atoms with Crippen LogP contribution in [0.3, 0.4) is 0 Å². The quantitative estimate of drug-likeness (QED) is 0.856. The summed E-state index contributed by atoms with van der Waals surface area (Å²) in [6.45, 7) is 3.03. The fraction of sp³-hybridized carbons (Fsp3) is 0.286. The third-order valence-corrected chi connectivity index (χ3v) is 3.01. The topological polar surface area (TPSA) is 73.7 Å². The number of fused-ring (bicyclic) bond motifs is 1. The third-order valence-electron chi connectivity index (χ3n) is 3.01. The molecule has 0 aliphatic heterocycles. The molecule has 0 fully saturated rings. The Kier molecular flexibility index (Phi) is 3.97. The monoisotopic (exact) mass is 260 g/mol. The summed E-state index contributed by atoms with van der Waals surface area (Å²) in [6, 6.07) is 8.72. The molecule has 1 heterocycles. The van der Waals surface area contributed by atoms with Crippen LogP contribution in [0.1, 0.15) is 17.3 Å². The normalized spacial score (nSPS) is 10.6. The molecule has 0 aliphatic rings. The summed E-state index contributed by atoms with van der Waals surface area (Å²) in [5, 5.41) is 19.0. The van der Waals surface area contributed by atoms with E-state index in [0.29, 0.717) is 29.8 Å². The van der Waals surface area contributed by atoms with Gasteiger partial charge in [-0.2, -0.15) is 0 Å². The number of hydrogen-bond donors (Lipinski definition) is 2. The molecule has 2 aromatic rings. The van der Waals surface area contributed by atoms with Gasteiger partial charge in [-0.15, -0.1) is 0 Å². The predicted molar refractivity (Wildman–Crippen MR) is 73.7 cm³/mol. The number of likely N-dealkylation sites (N-methyl/N-ethyl adjacent to an activating group) is 1. The Bertz CT molecular complexity index is 598. The van der Waals surface area contributed by atoms with Crippen LogP contribution >= 0.6 is 0 Å². The molecule has 100 valence electrons. The first-order valence-corrected chi connectivity index (χ1v) is 6.16. The summed E-state index contributed by atoms with van der Waals surface area (Å²) in [6.07, 6.45) is 0. The Morgan fingerprint density at radius 1 is 1.37 bits per heavy atom. The summed E-state index contributed by atoms with van der Waals surface area (Å²) in [5.41, 5.74) is 0.880. The van der Waals surface area contributed by atoms with Crippen molar-refractivity contribution in [3.05, 3.63) is 35.9 Å². The molecule has 5 nitrogen and oxygen atoms in total. The lowest BCUT2D eigenvalue weighted by Crippen LogP contribution is -2.27. The summed E-state index contributed by atoms with van der Waals surface area (Å²) in [7, 11) is 0. The van der Waals surface area contributed by atoms with Crippen molar-refractivity contribution < 1.29 is 15.0 Å². The predicted octanol–water partition coefficient (Wildman–Crippen LogP) is 1.75. The Balaban J connectivity index is 2.60. The molecule has 2 rings (SSSR count). The highest BCUT2D eigenvalue weighted by molar-refractivity contribution is 6.03. The number of nitrogens with zero attached hydrogens (tertiary/aromatic N) is 2. The fourth-order valence-corrected chi connectivity index (χ4v) is 2.06. The van der Waals surface area contributed by atoms with Crippen LogP contribution in [0.5, 0.6) is 0 Å². The van der Waals surface area contributed by atoms with E-state index in [1.807, 2.05) is 17.9 Å². The van der Waals surface area contributed by atoms with E-state index in [4.69, 9.17) is 5.11 Å². The summed E-state index contributed by atoms with van der Waals surface area (Å²) < 4.78 is 0. The van der Waals surface area contributed by atoms with Gasteiger partial charge >= 0.3 is 5.97 Å². The zero-order valence-corrected chi connectivity index (χ0v) is 10.7. The van der Waals surface area contributed by atoms with Crippen LogP contribution < -0.4 is 4.90 Å². The van der Waals surface area contributed by atoms with Crippen LogP contribution in [-0.2, 0) is 0 Å². The molecule has 0 saturated heterocycles. The summed E-state index contributed by atoms with van der Waals surface area (Å²) in [5.74, 6) is -0.396. The lowest BCUT2D eigenvalue weighted by atomic mass is 10.1. The van der Waals surface area contributed by atoms with Gasteiger partial charge in [0.15, 0.2) is 0 Å². The molecule has 2 N–H and O–H groups in total. The molecule has 1 aromatic carbocycles. The average Bonchev–Trinajstić information content (AvgIpc) is 2.43. The van der Waals surface area contributed by atoms with E-state index in [9.17, 15) is 9.90 Å². The van der Waals surface area contributed by atoms with Crippen LogP contribution in [0.4, 0.5) is 5.82 Å². The van der Waals surface area contributed by atoms with E-state index in [1.165, 1.54) is 0 Å². The maximum Gasteiger partial charge on any atom is 0.336 e. The molecule has 0 radical (unpaired) electrons. The standard InChI is InChI=1S/C14H16N2O3/c1-2-16(7-8-17)13-9-11(14(18)19)10-5-3-4-6-12(10)15-13/h3-6,9,17H,2,7-8H2,1H3,(H,18,19). The van der Waals surface area contributed by atoms with E-state index >= 15 is 0 Å². The molecule has 1 aromatic heterocycles. The van der Waals surface area contributed by atoms with E-state index in [2.05, 4.69) is 4.98 Å². The number of para-hydroxylation sites is 1. The minimum Gasteiger partial charge on any atom is -0.478 e. The number of anilines is 1. The molecule has 0 atom stereocenters. The minimum absolute atomic E-state index is 0.00471. The number of carboxylic acids is 1. The van der Waals surface area contributed by atoms with Gasteiger partial charge in [-0.05, 0) is 19.1 Å². The number of carboxylic acid groups (broad SMARTS) is 1. The Morgan fingerprint density at radius 2 is 2.11 bits per heavy atom. The van der Waals surface area contributed by atoms with Crippen molar-refractivity contribution in [1.29, 1.82) is 0 Å². The van der Waals surface area contributed by atoms with Gasteiger partial charge in [-0.1, -0.05) is 18.2 Å². The molecule has 0 spiro atoms. The van der Waals surface area contributed by atoms with Crippen LogP contribution in [0.15, 0.2) is 30.3 Å². The summed E-state index contributed by atoms with van der Waals surface area (Å²) in [4.78, 5) is 17.6. The van der Waals surface area contributed by atoms with Gasteiger partial charge in [0.1, 0.15) is 5.82 Å². The average molecular weight is 260 g/mol. The molecule has 0 aliphatic carbocycles. The highest BCUT2D eigenvalue weighted by atomic mass is 16.4. The zero-order chi connectivity index (χ0) is 13.8. The largest absolute Gasteiger partial charge is 0.478 e. The van der Waals surface area contributed by atoms with Crippen molar-refractivity contribution in [3.63, 3.8) is 0 Å². The number of carbonyl (C=O) groups is 1. The number of aromatic nitrogens is 1. The van der Waals surface area contributed by atoms with Crippen LogP contribution in [0.25, 0.3) is 10.9 Å². The van der Waals surface area contributed by atoms with E-state index in [0.717, 1.165) is 0 Å². The lowest BCUT2D eigenvalue weighted by molar-refractivity contribution is 0.0699. The lowest BCUT2D eigenvalue weighted by Gasteiger charge is -2.21. The van der Waals surface area contributed by atoms with Gasteiger partial charge in [0.05, 0.1) is 17.7 Å². The van der Waals surface area contributed by atoms with E-state index in [-0.39, 0.29) is 12.2 Å². The number of aliphatic hydroxyl groups is 1. The summed E-state index contributed by atoms with van der Waals surface area (Å²) >= 11 is 0. The first-order chi connectivity index (χ1) is 9.17. The van der Waals surface area contributed by atoms with Crippen molar-refractivity contribution in [1.82, 2.24) is 4.98 Å². The maximum atomic E-state index is 11.3. The van der Waals surface area contributed by atoms with Gasteiger partial charge in [0.25, 0.3) is 0 Å². The van der Waals surface area contributed by atoms with E-state index in [1.54, 1.807) is 24.3 Å². The molecule has 0 amide bonds. The molecule has 19 heavy (non-hydrogen) atoms. The number of aromatic carboxylic acids is 1. The second-order valence-corrected chi connectivity index (χ2v) is 4.15. The van der Waals surface area contributed by atoms with Gasteiger partial charge in [0.2, 0.25) is 0 Å². The van der Waals surface area contributed by atoms with Crippen LogP contribution in [-0.4, -0.2) is 40.9 Å². The smallest absolute Gasteiger partial charge is 0.336 e. The zero-order valence-electron chi connectivity index (χ0n) is 10.7. The molecule has 0 saturated carbocycles. The second kappa shape index (κ2) is 5.67. The highest BCUT2D eigenvalue weighted by Crippen LogP contribution is 2.22. The second-order valence-electron chi connectivity index (χ2n) is 4.15. The van der Waals surface area contributed by atoms with Crippen molar-refractivity contribution in [2.45, 2.75) is 6.92 Å². The van der Waals surface area contributed by atoms with Crippen LogP contribution in [0, 0.1) is 0 Å². The molecular formula is C14H16N2O3. The fourth-order valence-electron chi connectivity index (χ4n) is 2.06. The van der Waals surface area contributed by atoms with Gasteiger partial charge in [0, 0.05) is 18.5 Å². The number of rotatable bonds is 5. The molecule has 5 heteroatoms. The van der Waals surface area contributed by atoms with Crippen molar-refractivity contribution in [2.24, 2.45) is 0 Å². The number of hydrogen-bond acceptors (Lipinski definition) is 4. The SMILES string of the molecule is CCN(CCO)c1cc(C(=O)O)c2ccccc2n1. The molecule has 0 bridgehead atoms. The first-order valence-electron chi connectivity index (χ1n) is 6.16. The minimum atomic E-state index is -0.972. The third kappa shape index (κ3) is 2.66. The molecule has 0 unspecified atom stereocenters. The van der Waals surface area contributed by atoms with Crippen molar-refractivity contribution in [2.75, 3.05) is 24.6 Å². The van der Waals surface area contributed by atoms with Crippen molar-refractivity contribution >= 4 is 22.7 Å². The molecular weight excluding hydrogens is 244 g/mol. The van der Waals surface area contributed by atoms with Gasteiger partial charge in [-0.3, -0.25) is 0 Å². The highest BCUT2D eigenvalue weighted by Gasteiger charge is 2.14. The van der Waals surface area contributed by atoms with Gasteiger partial charge in [-0.25, -0.2) is 9.78 Å². The number of pyridine rings is 1. The van der Waals surface area contributed by atoms with Gasteiger partial charge < -0.3 is 15.1 Å².